The van der Waals surface area contributed by atoms with Gasteiger partial charge in [0.05, 0.1) is 0 Å². The molecule has 2 nitrogen and oxygen atoms in total. The summed E-state index contributed by atoms with van der Waals surface area (Å²) >= 11 is 5.57. The quantitative estimate of drug-likeness (QED) is 0.462. The highest BCUT2D eigenvalue weighted by atomic mass is 35.5. The van der Waals surface area contributed by atoms with Gasteiger partial charge in [0.2, 0.25) is 0 Å². The average Bonchev–Trinajstić information content (AvgIpc) is 2.46. The highest BCUT2D eigenvalue weighted by molar-refractivity contribution is 6.17. The molecule has 2 aromatic rings. The minimum absolute atomic E-state index is 0.246. The fourth-order valence-electron chi connectivity index (χ4n) is 1.80. The van der Waals surface area contributed by atoms with E-state index in [-0.39, 0.29) is 5.97 Å². The Hall–Kier alpha value is -1.80. The number of rotatable bonds is 5. The molecule has 0 aliphatic heterocycles. The number of hydrogen-bond donors (Lipinski definition) is 0. The Morgan fingerprint density at radius 2 is 1.68 bits per heavy atom. The summed E-state index contributed by atoms with van der Waals surface area (Å²) in [7, 11) is 0. The molecular weight excluding hydrogens is 260 g/mol. The van der Waals surface area contributed by atoms with E-state index in [2.05, 4.69) is 0 Å². The molecule has 0 fully saturated rings. The monoisotopic (exact) mass is 274 g/mol. The van der Waals surface area contributed by atoms with E-state index in [0.717, 1.165) is 11.1 Å². The number of benzene rings is 2. The van der Waals surface area contributed by atoms with Crippen molar-refractivity contribution in [3.8, 4) is 16.9 Å². The molecule has 0 N–H and O–H groups in total. The molecule has 98 valence electrons. The van der Waals surface area contributed by atoms with Crippen LogP contribution in [0.25, 0.3) is 11.1 Å². The molecule has 0 aromatic heterocycles. The summed E-state index contributed by atoms with van der Waals surface area (Å²) in [6.07, 6.45) is 0.973. The van der Waals surface area contributed by atoms with Gasteiger partial charge in [0.15, 0.2) is 0 Å². The van der Waals surface area contributed by atoms with E-state index < -0.39 is 0 Å². The Bertz CT molecular complexity index is 537. The number of halogens is 1. The zero-order valence-corrected chi connectivity index (χ0v) is 11.3. The van der Waals surface area contributed by atoms with Gasteiger partial charge in [-0.2, -0.15) is 0 Å². The second-order valence-corrected chi connectivity index (χ2v) is 4.51. The molecule has 2 rings (SSSR count). The van der Waals surface area contributed by atoms with E-state index in [0.29, 0.717) is 24.5 Å². The molecule has 3 heteroatoms. The third-order valence-corrected chi connectivity index (χ3v) is 2.98. The Morgan fingerprint density at radius 3 is 2.42 bits per heavy atom. The van der Waals surface area contributed by atoms with Crippen LogP contribution in [-0.4, -0.2) is 11.8 Å². The van der Waals surface area contributed by atoms with Crippen LogP contribution in [-0.2, 0) is 4.79 Å². The lowest BCUT2D eigenvalue weighted by atomic mass is 10.1. The number of carbonyl (C=O) groups is 1. The van der Waals surface area contributed by atoms with Gasteiger partial charge in [-0.1, -0.05) is 48.5 Å². The minimum Gasteiger partial charge on any atom is -0.426 e. The summed E-state index contributed by atoms with van der Waals surface area (Å²) in [5, 5.41) is 0. The molecule has 0 aliphatic carbocycles. The summed E-state index contributed by atoms with van der Waals surface area (Å²) in [5.74, 6) is 0.812. The molecule has 0 saturated carbocycles. The Labute approximate surface area is 118 Å². The second-order valence-electron chi connectivity index (χ2n) is 4.13. The fourth-order valence-corrected chi connectivity index (χ4v) is 1.93. The Kier molecular flexibility index (Phi) is 4.99. The van der Waals surface area contributed by atoms with Crippen LogP contribution >= 0.6 is 11.6 Å². The van der Waals surface area contributed by atoms with Crippen molar-refractivity contribution >= 4 is 17.6 Å². The molecule has 2 aromatic carbocycles. The molecule has 0 bridgehead atoms. The summed E-state index contributed by atoms with van der Waals surface area (Å²) < 4.78 is 5.40. The number of alkyl halides is 1. The molecular formula is C16H15ClO2. The van der Waals surface area contributed by atoms with Crippen molar-refractivity contribution in [2.75, 3.05) is 5.88 Å². The van der Waals surface area contributed by atoms with Gasteiger partial charge in [-0.3, -0.25) is 4.79 Å². The minimum atomic E-state index is -0.246. The van der Waals surface area contributed by atoms with E-state index >= 15 is 0 Å². The standard InChI is InChI=1S/C16H15ClO2/c17-12-6-11-16(18)19-15-10-5-4-9-14(15)13-7-2-1-3-8-13/h1-5,7-10H,6,11-12H2. The van der Waals surface area contributed by atoms with E-state index in [1.165, 1.54) is 0 Å². The van der Waals surface area contributed by atoms with Gasteiger partial charge in [0.1, 0.15) is 5.75 Å². The lowest BCUT2D eigenvalue weighted by molar-refractivity contribution is -0.134. The van der Waals surface area contributed by atoms with Gasteiger partial charge in [0.25, 0.3) is 0 Å². The first kappa shape index (κ1) is 13.6. The number of carbonyl (C=O) groups excluding carboxylic acids is 1. The number of hydrogen-bond acceptors (Lipinski definition) is 2. The maximum absolute atomic E-state index is 11.7. The van der Waals surface area contributed by atoms with Crippen molar-refractivity contribution in [3.63, 3.8) is 0 Å². The lowest BCUT2D eigenvalue weighted by Crippen LogP contribution is -2.08. The molecule has 0 amide bonds. The van der Waals surface area contributed by atoms with Crippen LogP contribution in [0.5, 0.6) is 5.75 Å². The third kappa shape index (κ3) is 3.83. The van der Waals surface area contributed by atoms with Crippen molar-refractivity contribution in [1.29, 1.82) is 0 Å². The van der Waals surface area contributed by atoms with Crippen LogP contribution in [0.1, 0.15) is 12.8 Å². The molecule has 0 aliphatic rings. The molecule has 0 saturated heterocycles. The van der Waals surface area contributed by atoms with E-state index in [4.69, 9.17) is 16.3 Å². The molecule has 19 heavy (non-hydrogen) atoms. The van der Waals surface area contributed by atoms with Crippen molar-refractivity contribution < 1.29 is 9.53 Å². The molecule has 0 spiro atoms. The van der Waals surface area contributed by atoms with Gasteiger partial charge in [-0.15, -0.1) is 11.6 Å². The number of para-hydroxylation sites is 1. The van der Waals surface area contributed by atoms with Gasteiger partial charge >= 0.3 is 5.97 Å². The van der Waals surface area contributed by atoms with E-state index in [1.54, 1.807) is 6.07 Å². The molecule has 0 heterocycles. The number of ether oxygens (including phenoxy) is 1. The van der Waals surface area contributed by atoms with Gasteiger partial charge in [-0.25, -0.2) is 0 Å². The highest BCUT2D eigenvalue weighted by Gasteiger charge is 2.09. The van der Waals surface area contributed by atoms with Crippen molar-refractivity contribution in [1.82, 2.24) is 0 Å². The molecule has 0 atom stereocenters. The Morgan fingerprint density at radius 1 is 1.00 bits per heavy atom. The fraction of sp³-hybridized carbons (Fsp3) is 0.188. The lowest BCUT2D eigenvalue weighted by Gasteiger charge is -2.09. The van der Waals surface area contributed by atoms with Crippen LogP contribution in [0.4, 0.5) is 0 Å². The zero-order valence-electron chi connectivity index (χ0n) is 10.5. The van der Waals surface area contributed by atoms with Crippen LogP contribution in [0.2, 0.25) is 0 Å². The zero-order chi connectivity index (χ0) is 13.5. The van der Waals surface area contributed by atoms with E-state index in [1.807, 2.05) is 48.5 Å². The first-order chi connectivity index (χ1) is 9.31. The van der Waals surface area contributed by atoms with Crippen LogP contribution < -0.4 is 4.74 Å². The van der Waals surface area contributed by atoms with Crippen molar-refractivity contribution in [2.45, 2.75) is 12.8 Å². The molecule has 0 radical (unpaired) electrons. The predicted octanol–water partition coefficient (Wildman–Crippen LogP) is 4.28. The Balaban J connectivity index is 2.20. The van der Waals surface area contributed by atoms with Crippen LogP contribution in [0.15, 0.2) is 54.6 Å². The van der Waals surface area contributed by atoms with Crippen LogP contribution in [0, 0.1) is 0 Å². The summed E-state index contributed by atoms with van der Waals surface area (Å²) in [4.78, 5) is 11.7. The van der Waals surface area contributed by atoms with E-state index in [9.17, 15) is 4.79 Å². The topological polar surface area (TPSA) is 26.3 Å². The number of esters is 1. The van der Waals surface area contributed by atoms with Crippen molar-refractivity contribution in [2.24, 2.45) is 0 Å². The maximum atomic E-state index is 11.7. The normalized spacial score (nSPS) is 10.2. The highest BCUT2D eigenvalue weighted by Crippen LogP contribution is 2.29. The summed E-state index contributed by atoms with van der Waals surface area (Å²) in [6, 6.07) is 17.4. The van der Waals surface area contributed by atoms with Gasteiger partial charge < -0.3 is 4.74 Å². The SMILES string of the molecule is O=C(CCCCl)Oc1ccccc1-c1ccccc1. The first-order valence-electron chi connectivity index (χ1n) is 6.22. The van der Waals surface area contributed by atoms with Gasteiger partial charge in [0, 0.05) is 17.9 Å². The van der Waals surface area contributed by atoms with Crippen LogP contribution in [0.3, 0.4) is 0 Å². The van der Waals surface area contributed by atoms with Gasteiger partial charge in [-0.05, 0) is 18.1 Å². The molecule has 0 unspecified atom stereocenters. The smallest absolute Gasteiger partial charge is 0.311 e. The largest absolute Gasteiger partial charge is 0.426 e. The average molecular weight is 275 g/mol. The first-order valence-corrected chi connectivity index (χ1v) is 6.76. The van der Waals surface area contributed by atoms with Crippen molar-refractivity contribution in [3.05, 3.63) is 54.6 Å². The predicted molar refractivity (Wildman–Crippen MR) is 77.5 cm³/mol. The summed E-state index contributed by atoms with van der Waals surface area (Å²) in [5.41, 5.74) is 1.95. The second kappa shape index (κ2) is 6.95. The third-order valence-electron chi connectivity index (χ3n) is 2.71. The summed E-state index contributed by atoms with van der Waals surface area (Å²) in [6.45, 7) is 0. The maximum Gasteiger partial charge on any atom is 0.311 e.